The van der Waals surface area contributed by atoms with Gasteiger partial charge in [-0.25, -0.2) is 9.78 Å². The maximum atomic E-state index is 12.4. The van der Waals surface area contributed by atoms with Crippen molar-refractivity contribution in [1.29, 1.82) is 0 Å². The van der Waals surface area contributed by atoms with Crippen molar-refractivity contribution in [3.63, 3.8) is 0 Å². The molecular formula is C15H18N4O2. The molecule has 6 nitrogen and oxygen atoms in total. The first-order valence-corrected chi connectivity index (χ1v) is 7.45. The third kappa shape index (κ3) is 2.01. The van der Waals surface area contributed by atoms with Gasteiger partial charge in [0.1, 0.15) is 11.5 Å². The summed E-state index contributed by atoms with van der Waals surface area (Å²) in [7, 11) is 0. The van der Waals surface area contributed by atoms with Gasteiger partial charge in [-0.3, -0.25) is 4.57 Å². The fraction of sp³-hybridized carbons (Fsp3) is 0.533. The average molecular weight is 286 g/mol. The lowest BCUT2D eigenvalue weighted by atomic mass is 10.1. The van der Waals surface area contributed by atoms with Crippen molar-refractivity contribution in [2.75, 3.05) is 12.3 Å². The minimum Gasteiger partial charge on any atom is -0.383 e. The SMILES string of the molecule is C[C@@H]1OCC[C@H]1n1c(=O)nc(N)c2ccc(C3CC3)nc21. The van der Waals surface area contributed by atoms with Gasteiger partial charge in [0.05, 0.1) is 17.5 Å². The fourth-order valence-corrected chi connectivity index (χ4v) is 3.12. The van der Waals surface area contributed by atoms with Crippen molar-refractivity contribution in [2.45, 2.75) is 44.2 Å². The predicted octanol–water partition coefficient (Wildman–Crippen LogP) is 1.60. The van der Waals surface area contributed by atoms with Gasteiger partial charge in [-0.2, -0.15) is 4.98 Å². The Labute approximate surface area is 122 Å². The number of anilines is 1. The van der Waals surface area contributed by atoms with Crippen LogP contribution in [-0.2, 0) is 4.74 Å². The third-order valence-corrected chi connectivity index (χ3v) is 4.49. The molecule has 2 aliphatic rings. The summed E-state index contributed by atoms with van der Waals surface area (Å²) in [6, 6.07) is 3.92. The summed E-state index contributed by atoms with van der Waals surface area (Å²) < 4.78 is 7.27. The van der Waals surface area contributed by atoms with Crippen molar-refractivity contribution >= 4 is 16.9 Å². The van der Waals surface area contributed by atoms with Crippen molar-refractivity contribution in [2.24, 2.45) is 0 Å². The minimum absolute atomic E-state index is 0.0114. The number of nitrogens with zero attached hydrogens (tertiary/aromatic N) is 3. The van der Waals surface area contributed by atoms with E-state index in [0.717, 1.165) is 17.5 Å². The first kappa shape index (κ1) is 12.8. The number of aromatic nitrogens is 3. The highest BCUT2D eigenvalue weighted by Gasteiger charge is 2.30. The lowest BCUT2D eigenvalue weighted by Crippen LogP contribution is -2.32. The molecule has 0 radical (unpaired) electrons. The molecule has 3 heterocycles. The minimum atomic E-state index is -0.331. The molecule has 2 fully saturated rings. The van der Waals surface area contributed by atoms with Crippen LogP contribution in [0.15, 0.2) is 16.9 Å². The summed E-state index contributed by atoms with van der Waals surface area (Å²) in [4.78, 5) is 21.0. The molecule has 2 atom stereocenters. The number of hydrogen-bond acceptors (Lipinski definition) is 5. The Bertz CT molecular complexity index is 766. The molecule has 1 saturated heterocycles. The van der Waals surface area contributed by atoms with Crippen LogP contribution in [0.2, 0.25) is 0 Å². The number of rotatable bonds is 2. The Hall–Kier alpha value is -1.95. The van der Waals surface area contributed by atoms with E-state index in [1.165, 1.54) is 12.8 Å². The van der Waals surface area contributed by atoms with Crippen LogP contribution in [0.4, 0.5) is 5.82 Å². The summed E-state index contributed by atoms with van der Waals surface area (Å²) in [5.74, 6) is 0.789. The molecule has 0 aromatic carbocycles. The summed E-state index contributed by atoms with van der Waals surface area (Å²) in [5.41, 5.74) is 7.28. The lowest BCUT2D eigenvalue weighted by molar-refractivity contribution is 0.107. The third-order valence-electron chi connectivity index (χ3n) is 4.49. The van der Waals surface area contributed by atoms with Crippen LogP contribution in [0.5, 0.6) is 0 Å². The molecule has 1 aliphatic carbocycles. The Balaban J connectivity index is 1.98. The van der Waals surface area contributed by atoms with E-state index in [1.807, 2.05) is 19.1 Å². The number of hydrogen-bond donors (Lipinski definition) is 1. The van der Waals surface area contributed by atoms with E-state index in [1.54, 1.807) is 4.57 Å². The second kappa shape index (κ2) is 4.53. The molecule has 2 aromatic rings. The molecule has 6 heteroatoms. The summed E-state index contributed by atoms with van der Waals surface area (Å²) in [6.45, 7) is 2.64. The Morgan fingerprint density at radius 1 is 1.29 bits per heavy atom. The standard InChI is InChI=1S/C15H18N4O2/c1-8-12(6-7-21-8)19-14-10(13(16)18-15(19)20)4-5-11(17-14)9-2-3-9/h4-5,8-9,12H,2-3,6-7H2,1H3,(H2,16,18,20)/t8-,12+/m0/s1. The van der Waals surface area contributed by atoms with E-state index in [4.69, 9.17) is 15.5 Å². The monoisotopic (exact) mass is 286 g/mol. The molecule has 21 heavy (non-hydrogen) atoms. The van der Waals surface area contributed by atoms with Gasteiger partial charge >= 0.3 is 5.69 Å². The summed E-state index contributed by atoms with van der Waals surface area (Å²) >= 11 is 0. The van der Waals surface area contributed by atoms with E-state index in [0.29, 0.717) is 18.2 Å². The maximum Gasteiger partial charge on any atom is 0.351 e. The first-order chi connectivity index (χ1) is 10.1. The van der Waals surface area contributed by atoms with Crippen molar-refractivity contribution in [3.05, 3.63) is 28.3 Å². The second-order valence-electron chi connectivity index (χ2n) is 5.96. The first-order valence-electron chi connectivity index (χ1n) is 7.45. The number of nitrogens with two attached hydrogens (primary N) is 1. The number of pyridine rings is 1. The van der Waals surface area contributed by atoms with Crippen LogP contribution in [0.1, 0.15) is 43.8 Å². The molecule has 1 aliphatic heterocycles. The van der Waals surface area contributed by atoms with E-state index >= 15 is 0 Å². The molecular weight excluding hydrogens is 268 g/mol. The smallest absolute Gasteiger partial charge is 0.351 e. The van der Waals surface area contributed by atoms with Crippen LogP contribution in [0, 0.1) is 0 Å². The average Bonchev–Trinajstić information content (AvgIpc) is 3.23. The van der Waals surface area contributed by atoms with Crippen molar-refractivity contribution in [1.82, 2.24) is 14.5 Å². The van der Waals surface area contributed by atoms with Crippen LogP contribution < -0.4 is 11.4 Å². The second-order valence-corrected chi connectivity index (χ2v) is 5.96. The Morgan fingerprint density at radius 2 is 2.10 bits per heavy atom. The van der Waals surface area contributed by atoms with Gasteiger partial charge in [0, 0.05) is 18.2 Å². The van der Waals surface area contributed by atoms with Gasteiger partial charge in [-0.15, -0.1) is 0 Å². The van der Waals surface area contributed by atoms with Gasteiger partial charge in [0.15, 0.2) is 0 Å². The van der Waals surface area contributed by atoms with Crippen LogP contribution in [0.3, 0.4) is 0 Å². The molecule has 1 saturated carbocycles. The van der Waals surface area contributed by atoms with Gasteiger partial charge in [0.2, 0.25) is 0 Å². The Kier molecular flexibility index (Phi) is 2.75. The van der Waals surface area contributed by atoms with Crippen LogP contribution >= 0.6 is 0 Å². The molecule has 110 valence electrons. The lowest BCUT2D eigenvalue weighted by Gasteiger charge is -2.19. The number of ether oxygens (including phenoxy) is 1. The van der Waals surface area contributed by atoms with Gasteiger partial charge in [0.25, 0.3) is 0 Å². The van der Waals surface area contributed by atoms with Crippen molar-refractivity contribution in [3.8, 4) is 0 Å². The Morgan fingerprint density at radius 3 is 2.76 bits per heavy atom. The summed E-state index contributed by atoms with van der Waals surface area (Å²) in [6.07, 6.45) is 3.14. The zero-order chi connectivity index (χ0) is 14.6. The highest BCUT2D eigenvalue weighted by Crippen LogP contribution is 2.40. The molecule has 2 aromatic heterocycles. The van der Waals surface area contributed by atoms with Gasteiger partial charge in [-0.1, -0.05) is 0 Å². The normalized spacial score (nSPS) is 25.6. The van der Waals surface area contributed by atoms with Crippen molar-refractivity contribution < 1.29 is 4.74 Å². The highest BCUT2D eigenvalue weighted by molar-refractivity contribution is 5.85. The summed E-state index contributed by atoms with van der Waals surface area (Å²) in [5, 5.41) is 0.748. The predicted molar refractivity (Wildman–Crippen MR) is 79.3 cm³/mol. The maximum absolute atomic E-state index is 12.4. The van der Waals surface area contributed by atoms with E-state index in [-0.39, 0.29) is 23.7 Å². The molecule has 0 bridgehead atoms. The van der Waals surface area contributed by atoms with Gasteiger partial charge in [-0.05, 0) is 38.3 Å². The zero-order valence-corrected chi connectivity index (χ0v) is 12.0. The van der Waals surface area contributed by atoms with Crippen LogP contribution in [0.25, 0.3) is 11.0 Å². The number of fused-ring (bicyclic) bond motifs is 1. The molecule has 4 rings (SSSR count). The van der Waals surface area contributed by atoms with Crippen LogP contribution in [-0.4, -0.2) is 27.2 Å². The largest absolute Gasteiger partial charge is 0.383 e. The van der Waals surface area contributed by atoms with E-state index in [9.17, 15) is 4.79 Å². The van der Waals surface area contributed by atoms with E-state index in [2.05, 4.69) is 4.98 Å². The molecule has 0 spiro atoms. The van der Waals surface area contributed by atoms with E-state index < -0.39 is 0 Å². The zero-order valence-electron chi connectivity index (χ0n) is 12.0. The number of nitrogen functional groups attached to an aromatic ring is 1. The molecule has 0 amide bonds. The topological polar surface area (TPSA) is 83.0 Å². The quantitative estimate of drug-likeness (QED) is 0.906. The fourth-order valence-electron chi connectivity index (χ4n) is 3.12. The molecule has 0 unspecified atom stereocenters. The van der Waals surface area contributed by atoms with Gasteiger partial charge < -0.3 is 10.5 Å². The highest BCUT2D eigenvalue weighted by atomic mass is 16.5. The molecule has 2 N–H and O–H groups in total.